The number of benzene rings is 1. The highest BCUT2D eigenvalue weighted by Gasteiger charge is 2.29. The van der Waals surface area contributed by atoms with Gasteiger partial charge in [-0.05, 0) is 57.4 Å². The molecule has 1 aromatic rings. The number of carbonyl (C=O) groups excluding carboxylic acids is 2. The Morgan fingerprint density at radius 2 is 1.81 bits per heavy atom. The second-order valence-corrected chi connectivity index (χ2v) is 8.32. The summed E-state index contributed by atoms with van der Waals surface area (Å²) < 4.78 is 31.3. The molecule has 2 atom stereocenters. The molecule has 9 heteroatoms. The van der Waals surface area contributed by atoms with E-state index in [0.717, 1.165) is 19.3 Å². The van der Waals surface area contributed by atoms with Crippen LogP contribution in [-0.4, -0.2) is 50.4 Å². The molecular weight excluding hydrogens is 370 g/mol. The van der Waals surface area contributed by atoms with Crippen LogP contribution in [0.1, 0.15) is 38.7 Å². The van der Waals surface area contributed by atoms with Crippen LogP contribution in [0, 0.1) is 11.3 Å². The third-order valence-corrected chi connectivity index (χ3v) is 5.96. The number of sulfonamides is 1. The first-order valence-electron chi connectivity index (χ1n) is 8.71. The summed E-state index contributed by atoms with van der Waals surface area (Å²) in [5.41, 5.74) is 0.327. The highest BCUT2D eigenvalue weighted by Crippen LogP contribution is 2.22. The number of nitrogens with zero attached hydrogens (tertiary/aromatic N) is 2. The van der Waals surface area contributed by atoms with E-state index in [1.807, 2.05) is 19.9 Å². The highest BCUT2D eigenvalue weighted by molar-refractivity contribution is 7.89. The minimum atomic E-state index is -3.91. The van der Waals surface area contributed by atoms with Gasteiger partial charge in [0, 0.05) is 12.1 Å². The minimum Gasteiger partial charge on any atom is -0.455 e. The van der Waals surface area contributed by atoms with Gasteiger partial charge in [-0.3, -0.25) is 9.59 Å². The first kappa shape index (κ1) is 20.9. The summed E-state index contributed by atoms with van der Waals surface area (Å²) in [5, 5.41) is 8.73. The first-order valence-corrected chi connectivity index (χ1v) is 10.2. The number of ether oxygens (including phenoxy) is 1. The Morgan fingerprint density at radius 1 is 1.22 bits per heavy atom. The van der Waals surface area contributed by atoms with Gasteiger partial charge in [-0.25, -0.2) is 8.42 Å². The van der Waals surface area contributed by atoms with Crippen molar-refractivity contribution in [3.8, 4) is 6.07 Å². The average molecular weight is 393 g/mol. The normalized spacial score (nSPS) is 20.0. The van der Waals surface area contributed by atoms with Crippen molar-refractivity contribution in [1.29, 1.82) is 5.26 Å². The largest absolute Gasteiger partial charge is 0.455 e. The molecule has 1 fully saturated rings. The van der Waals surface area contributed by atoms with E-state index in [0.29, 0.717) is 5.56 Å². The number of likely N-dealkylation sites (tertiary alicyclic amines) is 1. The lowest BCUT2D eigenvalue weighted by molar-refractivity contribution is -0.154. The average Bonchev–Trinajstić information content (AvgIpc) is 2.64. The summed E-state index contributed by atoms with van der Waals surface area (Å²) in [6.07, 6.45) is 2.88. The van der Waals surface area contributed by atoms with Crippen LogP contribution in [0.15, 0.2) is 29.2 Å². The molecule has 0 saturated carbocycles. The van der Waals surface area contributed by atoms with Crippen molar-refractivity contribution >= 4 is 21.9 Å². The zero-order valence-corrected chi connectivity index (χ0v) is 16.2. The lowest BCUT2D eigenvalue weighted by Gasteiger charge is -2.38. The summed E-state index contributed by atoms with van der Waals surface area (Å²) in [7, 11) is -3.91. The van der Waals surface area contributed by atoms with Gasteiger partial charge in [0.2, 0.25) is 10.0 Å². The van der Waals surface area contributed by atoms with Crippen molar-refractivity contribution in [2.45, 2.75) is 50.1 Å². The standard InChI is InChI=1S/C18H23N3O5S/c1-13-4-3-5-14(2)21(13)17(22)12-26-18(23)11-20-27(24,25)16-8-6-15(10-19)7-9-16/h6-9,13-14,20H,3-5,11-12H2,1-2H3/t13-,14+. The van der Waals surface area contributed by atoms with Gasteiger partial charge >= 0.3 is 5.97 Å². The van der Waals surface area contributed by atoms with Crippen molar-refractivity contribution in [2.24, 2.45) is 0 Å². The van der Waals surface area contributed by atoms with Crippen LogP contribution in [0.2, 0.25) is 0 Å². The summed E-state index contributed by atoms with van der Waals surface area (Å²) in [6, 6.07) is 7.36. The molecule has 27 heavy (non-hydrogen) atoms. The summed E-state index contributed by atoms with van der Waals surface area (Å²) in [6.45, 7) is 2.93. The van der Waals surface area contributed by atoms with Crippen LogP contribution < -0.4 is 4.72 Å². The van der Waals surface area contributed by atoms with Gasteiger partial charge in [-0.1, -0.05) is 0 Å². The molecule has 1 saturated heterocycles. The molecule has 1 N–H and O–H groups in total. The van der Waals surface area contributed by atoms with Crippen LogP contribution in [0.5, 0.6) is 0 Å². The van der Waals surface area contributed by atoms with E-state index in [1.165, 1.54) is 24.3 Å². The molecule has 0 spiro atoms. The molecule has 2 rings (SSSR count). The molecule has 1 heterocycles. The Balaban J connectivity index is 1.84. The zero-order valence-electron chi connectivity index (χ0n) is 15.3. The van der Waals surface area contributed by atoms with Crippen molar-refractivity contribution in [2.75, 3.05) is 13.2 Å². The van der Waals surface area contributed by atoms with E-state index >= 15 is 0 Å². The minimum absolute atomic E-state index is 0.0682. The SMILES string of the molecule is C[C@@H]1CCC[C@H](C)N1C(=O)COC(=O)CNS(=O)(=O)c1ccc(C#N)cc1. The second kappa shape index (κ2) is 8.97. The van der Waals surface area contributed by atoms with E-state index in [4.69, 9.17) is 10.00 Å². The van der Waals surface area contributed by atoms with Crippen molar-refractivity contribution in [3.63, 3.8) is 0 Å². The monoisotopic (exact) mass is 393 g/mol. The van der Waals surface area contributed by atoms with Gasteiger partial charge in [0.15, 0.2) is 6.61 Å². The number of nitrogens with one attached hydrogen (secondary N) is 1. The molecule has 0 unspecified atom stereocenters. The van der Waals surface area contributed by atoms with Crippen LogP contribution in [0.25, 0.3) is 0 Å². The lowest BCUT2D eigenvalue weighted by Crippen LogP contribution is -2.49. The number of esters is 1. The van der Waals surface area contributed by atoms with Crippen LogP contribution in [0.3, 0.4) is 0 Å². The van der Waals surface area contributed by atoms with Gasteiger partial charge in [-0.2, -0.15) is 9.98 Å². The molecule has 1 aliphatic rings. The Kier molecular flexibility index (Phi) is 6.93. The third kappa shape index (κ3) is 5.52. The van der Waals surface area contributed by atoms with Gasteiger partial charge < -0.3 is 9.64 Å². The molecule has 1 amide bonds. The molecule has 8 nitrogen and oxygen atoms in total. The third-order valence-electron chi connectivity index (χ3n) is 4.54. The van der Waals surface area contributed by atoms with E-state index in [1.54, 1.807) is 4.90 Å². The summed E-state index contributed by atoms with van der Waals surface area (Å²) >= 11 is 0. The number of rotatable bonds is 6. The molecule has 146 valence electrons. The number of piperidine rings is 1. The number of hydrogen-bond acceptors (Lipinski definition) is 6. The molecule has 0 aliphatic carbocycles. The van der Waals surface area contributed by atoms with Crippen molar-refractivity contribution in [1.82, 2.24) is 9.62 Å². The fourth-order valence-electron chi connectivity index (χ4n) is 3.13. The zero-order chi connectivity index (χ0) is 20.0. The quantitative estimate of drug-likeness (QED) is 0.725. The van der Waals surface area contributed by atoms with Crippen molar-refractivity contribution in [3.05, 3.63) is 29.8 Å². The van der Waals surface area contributed by atoms with Crippen LogP contribution in [-0.2, 0) is 24.3 Å². The Hall–Kier alpha value is -2.44. The van der Waals surface area contributed by atoms with Gasteiger partial charge in [0.05, 0.1) is 16.5 Å². The van der Waals surface area contributed by atoms with E-state index in [-0.39, 0.29) is 22.9 Å². The molecule has 0 aromatic heterocycles. The number of nitriles is 1. The van der Waals surface area contributed by atoms with Gasteiger partial charge in [0.25, 0.3) is 5.91 Å². The Labute approximate surface area is 159 Å². The summed E-state index contributed by atoms with van der Waals surface area (Å²) in [4.78, 5) is 25.8. The molecular formula is C18H23N3O5S. The molecule has 1 aromatic carbocycles. The van der Waals surface area contributed by atoms with Crippen LogP contribution in [0.4, 0.5) is 0 Å². The predicted molar refractivity (Wildman–Crippen MR) is 96.9 cm³/mol. The lowest BCUT2D eigenvalue weighted by atomic mass is 9.97. The van der Waals surface area contributed by atoms with E-state index in [2.05, 4.69) is 4.72 Å². The topological polar surface area (TPSA) is 117 Å². The number of amides is 1. The van der Waals surface area contributed by atoms with E-state index in [9.17, 15) is 18.0 Å². The maximum Gasteiger partial charge on any atom is 0.321 e. The van der Waals surface area contributed by atoms with E-state index < -0.39 is 29.1 Å². The second-order valence-electron chi connectivity index (χ2n) is 6.55. The molecule has 1 aliphatic heterocycles. The first-order chi connectivity index (χ1) is 12.7. The Morgan fingerprint density at radius 3 is 2.37 bits per heavy atom. The molecule has 0 bridgehead atoms. The fourth-order valence-corrected chi connectivity index (χ4v) is 4.10. The predicted octanol–water partition coefficient (Wildman–Crippen LogP) is 1.17. The maximum atomic E-state index is 12.3. The number of carbonyl (C=O) groups is 2. The van der Waals surface area contributed by atoms with Crippen molar-refractivity contribution < 1.29 is 22.7 Å². The Bertz CT molecular complexity index is 820. The highest BCUT2D eigenvalue weighted by atomic mass is 32.2. The van der Waals surface area contributed by atoms with Gasteiger partial charge in [-0.15, -0.1) is 0 Å². The van der Waals surface area contributed by atoms with Crippen LogP contribution >= 0.6 is 0 Å². The van der Waals surface area contributed by atoms with Gasteiger partial charge in [0.1, 0.15) is 6.54 Å². The summed E-state index contributed by atoms with van der Waals surface area (Å²) in [5.74, 6) is -1.11. The number of hydrogen-bond donors (Lipinski definition) is 1. The smallest absolute Gasteiger partial charge is 0.321 e. The maximum absolute atomic E-state index is 12.3. The fraction of sp³-hybridized carbons (Fsp3) is 0.500. The molecule has 0 radical (unpaired) electrons.